The van der Waals surface area contributed by atoms with Gasteiger partial charge in [0, 0.05) is 41.6 Å². The van der Waals surface area contributed by atoms with Crippen LogP contribution in [0.2, 0.25) is 0 Å². The third-order valence-corrected chi connectivity index (χ3v) is 6.48. The average Bonchev–Trinajstić information content (AvgIpc) is 2.67. The van der Waals surface area contributed by atoms with Crippen molar-refractivity contribution in [3.05, 3.63) is 31.4 Å². The summed E-state index contributed by atoms with van der Waals surface area (Å²) in [6, 6.07) is 2.71. The summed E-state index contributed by atoms with van der Waals surface area (Å²) in [4.78, 5) is 3.98. The Morgan fingerprint density at radius 1 is 1.50 bits per heavy atom. The van der Waals surface area contributed by atoms with Gasteiger partial charge in [-0.2, -0.15) is 0 Å². The standard InChI is InChI=1S/C13H18Br2N2S/c1-9(2)7-11(17-5-3-16-4-6-17)12-8-10(14)13(15)18-12/h8,11,16H,1,3-7H2,2H3/t11-/m0/s1. The third kappa shape index (κ3) is 3.67. The van der Waals surface area contributed by atoms with Gasteiger partial charge in [-0.3, -0.25) is 4.90 Å². The Labute approximate surface area is 130 Å². The molecule has 1 aromatic heterocycles. The van der Waals surface area contributed by atoms with Crippen molar-refractivity contribution in [1.82, 2.24) is 10.2 Å². The molecule has 1 aromatic rings. The third-order valence-electron chi connectivity index (χ3n) is 3.13. The number of nitrogens with zero attached hydrogens (tertiary/aromatic N) is 1. The molecule has 2 rings (SSSR count). The van der Waals surface area contributed by atoms with Gasteiger partial charge in [-0.15, -0.1) is 17.9 Å². The summed E-state index contributed by atoms with van der Waals surface area (Å²) in [6.45, 7) is 10.6. The Hall–Kier alpha value is 0.320. The molecular weight excluding hydrogens is 376 g/mol. The lowest BCUT2D eigenvalue weighted by molar-refractivity contribution is 0.175. The second-order valence-corrected chi connectivity index (χ2v) is 7.99. The van der Waals surface area contributed by atoms with E-state index in [2.05, 4.69) is 61.6 Å². The lowest BCUT2D eigenvalue weighted by atomic mass is 10.0. The van der Waals surface area contributed by atoms with Crippen LogP contribution in [0.15, 0.2) is 26.5 Å². The fourth-order valence-corrected chi connectivity index (χ4v) is 4.49. The van der Waals surface area contributed by atoms with Gasteiger partial charge in [0.05, 0.1) is 3.79 Å². The van der Waals surface area contributed by atoms with Crippen molar-refractivity contribution in [3.63, 3.8) is 0 Å². The van der Waals surface area contributed by atoms with Crippen molar-refractivity contribution in [2.75, 3.05) is 26.2 Å². The van der Waals surface area contributed by atoms with Crippen LogP contribution in [0.1, 0.15) is 24.3 Å². The second-order valence-electron chi connectivity index (χ2n) is 4.73. The molecule has 18 heavy (non-hydrogen) atoms. The highest BCUT2D eigenvalue weighted by atomic mass is 79.9. The summed E-state index contributed by atoms with van der Waals surface area (Å²) in [7, 11) is 0. The van der Waals surface area contributed by atoms with E-state index in [1.807, 2.05) is 11.3 Å². The molecule has 0 unspecified atom stereocenters. The van der Waals surface area contributed by atoms with Crippen LogP contribution >= 0.6 is 43.2 Å². The van der Waals surface area contributed by atoms with Gasteiger partial charge in [0.2, 0.25) is 0 Å². The number of rotatable bonds is 4. The summed E-state index contributed by atoms with van der Waals surface area (Å²) in [6.07, 6.45) is 1.04. The highest BCUT2D eigenvalue weighted by Crippen LogP contribution is 2.39. The Balaban J connectivity index is 2.20. The van der Waals surface area contributed by atoms with Crippen molar-refractivity contribution < 1.29 is 0 Å². The van der Waals surface area contributed by atoms with E-state index < -0.39 is 0 Å². The minimum atomic E-state index is 0.470. The van der Waals surface area contributed by atoms with Crippen LogP contribution in [0.4, 0.5) is 0 Å². The normalized spacial score (nSPS) is 18.8. The van der Waals surface area contributed by atoms with Gasteiger partial charge in [-0.05, 0) is 51.3 Å². The number of thiophene rings is 1. The molecule has 1 fully saturated rings. The van der Waals surface area contributed by atoms with Gasteiger partial charge < -0.3 is 5.32 Å². The van der Waals surface area contributed by atoms with Gasteiger partial charge in [0.25, 0.3) is 0 Å². The van der Waals surface area contributed by atoms with E-state index in [0.717, 1.165) is 37.1 Å². The summed E-state index contributed by atoms with van der Waals surface area (Å²) in [5.74, 6) is 0. The molecule has 0 aliphatic carbocycles. The fraction of sp³-hybridized carbons (Fsp3) is 0.538. The number of nitrogens with one attached hydrogen (secondary N) is 1. The molecule has 0 amide bonds. The minimum Gasteiger partial charge on any atom is -0.314 e. The van der Waals surface area contributed by atoms with Gasteiger partial charge in [-0.25, -0.2) is 0 Å². The molecule has 0 saturated carbocycles. The molecular formula is C13H18Br2N2S. The molecule has 5 heteroatoms. The zero-order chi connectivity index (χ0) is 13.1. The topological polar surface area (TPSA) is 15.3 Å². The van der Waals surface area contributed by atoms with Crippen LogP contribution < -0.4 is 5.32 Å². The predicted octanol–water partition coefficient (Wildman–Crippen LogP) is 4.19. The van der Waals surface area contributed by atoms with Crippen molar-refractivity contribution >= 4 is 43.2 Å². The molecule has 0 aromatic carbocycles. The van der Waals surface area contributed by atoms with Gasteiger partial charge in [0.1, 0.15) is 0 Å². The molecule has 0 bridgehead atoms. The Morgan fingerprint density at radius 3 is 2.67 bits per heavy atom. The summed E-state index contributed by atoms with van der Waals surface area (Å²) >= 11 is 9.00. The predicted molar refractivity (Wildman–Crippen MR) is 86.3 cm³/mol. The van der Waals surface area contributed by atoms with Gasteiger partial charge in [0.15, 0.2) is 0 Å². The maximum absolute atomic E-state index is 4.08. The fourth-order valence-electron chi connectivity index (χ4n) is 2.26. The first-order chi connectivity index (χ1) is 8.58. The van der Waals surface area contributed by atoms with E-state index in [4.69, 9.17) is 0 Å². The Morgan fingerprint density at radius 2 is 2.17 bits per heavy atom. The number of piperazine rings is 1. The highest BCUT2D eigenvalue weighted by molar-refractivity contribution is 9.13. The van der Waals surface area contributed by atoms with Crippen molar-refractivity contribution in [3.8, 4) is 0 Å². The quantitative estimate of drug-likeness (QED) is 0.771. The number of hydrogen-bond donors (Lipinski definition) is 1. The van der Waals surface area contributed by atoms with E-state index in [9.17, 15) is 0 Å². The van der Waals surface area contributed by atoms with Crippen molar-refractivity contribution in [1.29, 1.82) is 0 Å². The van der Waals surface area contributed by atoms with Crippen LogP contribution in [0, 0.1) is 0 Å². The van der Waals surface area contributed by atoms with Gasteiger partial charge in [-0.1, -0.05) is 5.57 Å². The molecule has 1 aliphatic rings. The summed E-state index contributed by atoms with van der Waals surface area (Å²) in [5.41, 5.74) is 1.25. The Bertz CT molecular complexity index is 405. The summed E-state index contributed by atoms with van der Waals surface area (Å²) < 4.78 is 2.34. The van der Waals surface area contributed by atoms with E-state index in [-0.39, 0.29) is 0 Å². The van der Waals surface area contributed by atoms with Crippen molar-refractivity contribution in [2.45, 2.75) is 19.4 Å². The zero-order valence-corrected chi connectivity index (χ0v) is 14.5. The van der Waals surface area contributed by atoms with E-state index >= 15 is 0 Å². The van der Waals surface area contributed by atoms with E-state index in [0.29, 0.717) is 6.04 Å². The lowest BCUT2D eigenvalue weighted by Gasteiger charge is -2.34. The second kappa shape index (κ2) is 6.66. The molecule has 0 spiro atoms. The smallest absolute Gasteiger partial charge is 0.0843 e. The first-order valence-electron chi connectivity index (χ1n) is 6.12. The molecule has 1 atom stereocenters. The molecule has 1 aliphatic heterocycles. The SMILES string of the molecule is C=C(C)C[C@@H](c1cc(Br)c(Br)s1)N1CCNCC1. The highest BCUT2D eigenvalue weighted by Gasteiger charge is 2.24. The Kier molecular flexibility index (Phi) is 5.45. The van der Waals surface area contributed by atoms with Crippen LogP contribution in [0.25, 0.3) is 0 Å². The molecule has 1 saturated heterocycles. The first-order valence-corrected chi connectivity index (χ1v) is 8.52. The average molecular weight is 394 g/mol. The van der Waals surface area contributed by atoms with E-state index in [1.54, 1.807) is 0 Å². The molecule has 0 radical (unpaired) electrons. The first kappa shape index (κ1) is 14.7. The van der Waals surface area contributed by atoms with Gasteiger partial charge >= 0.3 is 0 Å². The number of hydrogen-bond acceptors (Lipinski definition) is 3. The van der Waals surface area contributed by atoms with Crippen LogP contribution in [-0.2, 0) is 0 Å². The van der Waals surface area contributed by atoms with Crippen LogP contribution in [0.5, 0.6) is 0 Å². The molecule has 1 N–H and O–H groups in total. The molecule has 100 valence electrons. The maximum atomic E-state index is 4.08. The lowest BCUT2D eigenvalue weighted by Crippen LogP contribution is -2.45. The van der Waals surface area contributed by atoms with Crippen LogP contribution in [0.3, 0.4) is 0 Å². The zero-order valence-electron chi connectivity index (χ0n) is 10.5. The largest absolute Gasteiger partial charge is 0.314 e. The minimum absolute atomic E-state index is 0.470. The van der Waals surface area contributed by atoms with Crippen molar-refractivity contribution in [2.24, 2.45) is 0 Å². The molecule has 2 heterocycles. The van der Waals surface area contributed by atoms with E-state index in [1.165, 1.54) is 14.2 Å². The monoisotopic (exact) mass is 392 g/mol. The summed E-state index contributed by atoms with van der Waals surface area (Å²) in [5, 5.41) is 3.41. The van der Waals surface area contributed by atoms with Crippen LogP contribution in [-0.4, -0.2) is 31.1 Å². The maximum Gasteiger partial charge on any atom is 0.0843 e. The number of halogens is 2. The molecule has 2 nitrogen and oxygen atoms in total.